The molecule has 0 N–H and O–H groups in total. The molecule has 4 nitrogen and oxygen atoms in total. The van der Waals surface area contributed by atoms with E-state index in [2.05, 4.69) is 0 Å². The van der Waals surface area contributed by atoms with Crippen LogP contribution >= 0.6 is 0 Å². The summed E-state index contributed by atoms with van der Waals surface area (Å²) >= 11 is 0. The number of hydrogen-bond acceptors (Lipinski definition) is 3. The fourth-order valence-electron chi connectivity index (χ4n) is 3.84. The molecular weight excluding hydrogens is 286 g/mol. The van der Waals surface area contributed by atoms with Gasteiger partial charge in [0.2, 0.25) is 0 Å². The molecule has 1 aromatic carbocycles. The molecule has 0 spiro atoms. The summed E-state index contributed by atoms with van der Waals surface area (Å²) in [7, 11) is -1.82. The van der Waals surface area contributed by atoms with E-state index in [4.69, 9.17) is 0 Å². The van der Waals surface area contributed by atoms with Crippen molar-refractivity contribution in [1.29, 1.82) is 0 Å². The first-order chi connectivity index (χ1) is 9.72. The fourth-order valence-corrected chi connectivity index (χ4v) is 6.12. The quantitative estimate of drug-likeness (QED) is 0.634. The SMILES string of the molecule is CC[C@H]1C[C@H](S(=O)(=O)c2ccccc2)[C@H](C(C)C)[N@@+]1(C)[O-]. The molecule has 1 saturated heterocycles. The van der Waals surface area contributed by atoms with Gasteiger partial charge >= 0.3 is 0 Å². The summed E-state index contributed by atoms with van der Waals surface area (Å²) in [6, 6.07) is 7.98. The van der Waals surface area contributed by atoms with Crippen LogP contribution in [0.3, 0.4) is 0 Å². The summed E-state index contributed by atoms with van der Waals surface area (Å²) in [4.78, 5) is 0.331. The Morgan fingerprint density at radius 3 is 2.33 bits per heavy atom. The van der Waals surface area contributed by atoms with Gasteiger partial charge in [-0.2, -0.15) is 0 Å². The molecule has 0 radical (unpaired) electrons. The number of hydrogen-bond donors (Lipinski definition) is 0. The van der Waals surface area contributed by atoms with E-state index in [1.165, 1.54) is 0 Å². The Morgan fingerprint density at radius 2 is 1.86 bits per heavy atom. The van der Waals surface area contributed by atoms with Crippen LogP contribution in [0.2, 0.25) is 0 Å². The molecule has 0 aliphatic carbocycles. The van der Waals surface area contributed by atoms with Gasteiger partial charge in [-0.3, -0.25) is 0 Å². The highest BCUT2D eigenvalue weighted by Crippen LogP contribution is 2.41. The second-order valence-corrected chi connectivity index (χ2v) is 8.65. The van der Waals surface area contributed by atoms with Gasteiger partial charge in [0.05, 0.1) is 18.0 Å². The van der Waals surface area contributed by atoms with E-state index in [1.807, 2.05) is 20.8 Å². The lowest BCUT2D eigenvalue weighted by Crippen LogP contribution is -2.53. The molecule has 4 atom stereocenters. The first-order valence-electron chi connectivity index (χ1n) is 7.58. The van der Waals surface area contributed by atoms with Gasteiger partial charge in [0.15, 0.2) is 9.84 Å². The molecule has 0 bridgehead atoms. The van der Waals surface area contributed by atoms with Crippen LogP contribution in [0.25, 0.3) is 0 Å². The minimum absolute atomic E-state index is 0.0348. The van der Waals surface area contributed by atoms with Gasteiger partial charge < -0.3 is 9.85 Å². The van der Waals surface area contributed by atoms with Crippen molar-refractivity contribution in [3.8, 4) is 0 Å². The Bertz CT molecular complexity index is 581. The van der Waals surface area contributed by atoms with Gasteiger partial charge in [-0.25, -0.2) is 8.42 Å². The van der Waals surface area contributed by atoms with Crippen molar-refractivity contribution in [2.45, 2.75) is 55.8 Å². The Kier molecular flexibility index (Phi) is 4.47. The number of benzene rings is 1. The van der Waals surface area contributed by atoms with Crippen LogP contribution in [0.5, 0.6) is 0 Å². The molecular formula is C16H25NO3S. The maximum atomic E-state index is 13.0. The second kappa shape index (κ2) is 5.71. The Balaban J connectivity index is 2.47. The van der Waals surface area contributed by atoms with Crippen LogP contribution in [-0.2, 0) is 9.84 Å². The van der Waals surface area contributed by atoms with Crippen molar-refractivity contribution >= 4 is 9.84 Å². The molecule has 5 heteroatoms. The maximum absolute atomic E-state index is 13.0. The van der Waals surface area contributed by atoms with E-state index in [1.54, 1.807) is 37.4 Å². The summed E-state index contributed by atoms with van der Waals surface area (Å²) < 4.78 is 25.5. The summed E-state index contributed by atoms with van der Waals surface area (Å²) in [6.45, 7) is 5.86. The van der Waals surface area contributed by atoms with Crippen molar-refractivity contribution in [2.24, 2.45) is 5.92 Å². The summed E-state index contributed by atoms with van der Waals surface area (Å²) in [5.74, 6) is 0.0348. The molecule has 1 fully saturated rings. The smallest absolute Gasteiger partial charge is 0.187 e. The molecule has 118 valence electrons. The Labute approximate surface area is 127 Å². The van der Waals surface area contributed by atoms with Crippen molar-refractivity contribution in [1.82, 2.24) is 0 Å². The number of hydroxylamine groups is 3. The lowest BCUT2D eigenvalue weighted by molar-refractivity contribution is -0.900. The zero-order valence-corrected chi connectivity index (χ0v) is 14.0. The van der Waals surface area contributed by atoms with Gasteiger partial charge in [0.25, 0.3) is 0 Å². The van der Waals surface area contributed by atoms with Crippen LogP contribution in [0.1, 0.15) is 33.6 Å². The highest BCUT2D eigenvalue weighted by Gasteiger charge is 2.53. The average molecular weight is 311 g/mol. The number of likely N-dealkylation sites (tertiary alicyclic amines) is 1. The van der Waals surface area contributed by atoms with E-state index in [9.17, 15) is 13.6 Å². The first kappa shape index (κ1) is 16.5. The lowest BCUT2D eigenvalue weighted by Gasteiger charge is -2.47. The Morgan fingerprint density at radius 1 is 1.29 bits per heavy atom. The van der Waals surface area contributed by atoms with E-state index in [-0.39, 0.29) is 12.0 Å². The molecule has 21 heavy (non-hydrogen) atoms. The van der Waals surface area contributed by atoms with Gasteiger partial charge in [0, 0.05) is 12.3 Å². The topological polar surface area (TPSA) is 57.2 Å². The molecule has 0 amide bonds. The average Bonchev–Trinajstić information content (AvgIpc) is 2.71. The fraction of sp³-hybridized carbons (Fsp3) is 0.625. The monoisotopic (exact) mass is 311 g/mol. The van der Waals surface area contributed by atoms with Crippen LogP contribution in [0, 0.1) is 11.1 Å². The maximum Gasteiger partial charge on any atom is 0.187 e. The van der Waals surface area contributed by atoms with Crippen LogP contribution in [0.15, 0.2) is 35.2 Å². The van der Waals surface area contributed by atoms with Crippen LogP contribution in [0.4, 0.5) is 0 Å². The summed E-state index contributed by atoms with van der Waals surface area (Å²) in [6.07, 6.45) is 1.17. The van der Waals surface area contributed by atoms with E-state index < -0.39 is 25.8 Å². The predicted molar refractivity (Wildman–Crippen MR) is 84.3 cm³/mol. The van der Waals surface area contributed by atoms with Crippen LogP contribution < -0.4 is 0 Å². The molecule has 0 aromatic heterocycles. The summed E-state index contributed by atoms with van der Waals surface area (Å²) in [5.41, 5.74) is 0. The summed E-state index contributed by atoms with van der Waals surface area (Å²) in [5, 5.41) is 12.4. The second-order valence-electron chi connectivity index (χ2n) is 6.49. The van der Waals surface area contributed by atoms with Crippen molar-refractivity contribution in [3.63, 3.8) is 0 Å². The largest absolute Gasteiger partial charge is 0.633 e. The lowest BCUT2D eigenvalue weighted by atomic mass is 10.0. The highest BCUT2D eigenvalue weighted by atomic mass is 32.2. The normalized spacial score (nSPS) is 33.5. The van der Waals surface area contributed by atoms with E-state index in [0.717, 1.165) is 0 Å². The molecule has 1 aliphatic rings. The number of nitrogens with zero attached hydrogens (tertiary/aromatic N) is 1. The minimum atomic E-state index is -3.46. The van der Waals surface area contributed by atoms with Crippen molar-refractivity contribution in [3.05, 3.63) is 35.5 Å². The zero-order valence-electron chi connectivity index (χ0n) is 13.2. The van der Waals surface area contributed by atoms with Gasteiger partial charge in [0.1, 0.15) is 11.3 Å². The van der Waals surface area contributed by atoms with E-state index >= 15 is 0 Å². The van der Waals surface area contributed by atoms with Crippen LogP contribution in [-0.4, -0.2) is 37.4 Å². The third kappa shape index (κ3) is 2.74. The standard InChI is InChI=1S/C16H25NO3S/c1-5-13-11-15(16(12(2)3)17(13,4)18)21(19,20)14-9-7-6-8-10-14/h6-10,12-13,15-16H,5,11H2,1-4H3/t13-,15-,16-,17-/m0/s1. The Hall–Kier alpha value is -0.910. The number of sulfone groups is 1. The van der Waals surface area contributed by atoms with Gasteiger partial charge in [-0.05, 0) is 18.6 Å². The molecule has 1 aromatic rings. The molecule has 0 unspecified atom stereocenters. The molecule has 1 heterocycles. The molecule has 2 rings (SSSR count). The zero-order chi connectivity index (χ0) is 15.8. The highest BCUT2D eigenvalue weighted by molar-refractivity contribution is 7.92. The number of quaternary nitrogens is 1. The van der Waals surface area contributed by atoms with Gasteiger partial charge in [-0.15, -0.1) is 0 Å². The molecule has 1 aliphatic heterocycles. The third-order valence-electron chi connectivity index (χ3n) is 4.83. The first-order valence-corrected chi connectivity index (χ1v) is 9.13. The van der Waals surface area contributed by atoms with Gasteiger partial charge in [-0.1, -0.05) is 39.0 Å². The minimum Gasteiger partial charge on any atom is -0.633 e. The predicted octanol–water partition coefficient (Wildman–Crippen LogP) is 2.98. The molecule has 0 saturated carbocycles. The van der Waals surface area contributed by atoms with Crippen molar-refractivity contribution in [2.75, 3.05) is 7.05 Å². The van der Waals surface area contributed by atoms with Crippen molar-refractivity contribution < 1.29 is 13.1 Å². The third-order valence-corrected chi connectivity index (χ3v) is 7.02. The number of rotatable bonds is 4. The van der Waals surface area contributed by atoms with E-state index in [0.29, 0.717) is 17.7 Å².